The number of nitrogens with one attached hydrogen (secondary N) is 1. The molecule has 0 saturated carbocycles. The molecule has 3 N–H and O–H groups in total. The van der Waals surface area contributed by atoms with Crippen molar-refractivity contribution in [1.29, 1.82) is 0 Å². The fourth-order valence-electron chi connectivity index (χ4n) is 1.07. The lowest BCUT2D eigenvalue weighted by molar-refractivity contribution is -0.167. The smallest absolute Gasteiger partial charge is 0.343 e. The van der Waals surface area contributed by atoms with E-state index in [2.05, 4.69) is 0 Å². The van der Waals surface area contributed by atoms with E-state index in [1.807, 2.05) is 5.32 Å². The Morgan fingerprint density at radius 2 is 2.00 bits per heavy atom. The highest BCUT2D eigenvalue weighted by molar-refractivity contribution is 5.82. The second-order valence-corrected chi connectivity index (χ2v) is 2.79. The monoisotopic (exact) mass is 182 g/mol. The fraction of sp³-hybridized carbons (Fsp3) is 0.833. The molecule has 0 aromatic rings. The van der Waals surface area contributed by atoms with E-state index in [0.717, 1.165) is 0 Å². The first-order valence-electron chi connectivity index (χ1n) is 3.54. The van der Waals surface area contributed by atoms with Crippen LogP contribution >= 0.6 is 0 Å². The summed E-state index contributed by atoms with van der Waals surface area (Å²) in [5, 5.41) is 1.82. The average molecular weight is 182 g/mol. The van der Waals surface area contributed by atoms with Crippen molar-refractivity contribution in [3.05, 3.63) is 0 Å². The second-order valence-electron chi connectivity index (χ2n) is 2.79. The Morgan fingerprint density at radius 1 is 1.42 bits per heavy atom. The summed E-state index contributed by atoms with van der Waals surface area (Å²) in [5.74, 6) is -0.719. The molecule has 1 rings (SSSR count). The maximum absolute atomic E-state index is 12.0. The molecule has 1 aliphatic rings. The summed E-state index contributed by atoms with van der Waals surface area (Å²) < 4.78 is 36.0. The van der Waals surface area contributed by atoms with Crippen LogP contribution in [0.4, 0.5) is 13.2 Å². The number of hydrogen-bond donors (Lipinski definition) is 2. The third-order valence-corrected chi connectivity index (χ3v) is 1.81. The quantitative estimate of drug-likeness (QED) is 0.560. The van der Waals surface area contributed by atoms with Crippen LogP contribution in [0.25, 0.3) is 0 Å². The molecule has 0 spiro atoms. The molecule has 6 heteroatoms. The zero-order valence-electron chi connectivity index (χ0n) is 6.19. The van der Waals surface area contributed by atoms with Gasteiger partial charge in [-0.2, -0.15) is 13.2 Å². The molecule has 70 valence electrons. The number of hydrogen-bond acceptors (Lipinski definition) is 2. The van der Waals surface area contributed by atoms with Crippen molar-refractivity contribution >= 4 is 5.91 Å². The summed E-state index contributed by atoms with van der Waals surface area (Å²) in [6.45, 7) is 0. The van der Waals surface area contributed by atoms with Crippen LogP contribution in [-0.2, 0) is 4.79 Å². The van der Waals surface area contributed by atoms with Crippen molar-refractivity contribution in [3.63, 3.8) is 0 Å². The van der Waals surface area contributed by atoms with E-state index >= 15 is 0 Å². The summed E-state index contributed by atoms with van der Waals surface area (Å²) in [6, 6.07) is -2.51. The van der Waals surface area contributed by atoms with Crippen molar-refractivity contribution in [2.45, 2.75) is 31.1 Å². The molecule has 1 amide bonds. The minimum absolute atomic E-state index is 0.0933. The van der Waals surface area contributed by atoms with Crippen LogP contribution in [0.2, 0.25) is 0 Å². The van der Waals surface area contributed by atoms with E-state index in [4.69, 9.17) is 5.73 Å². The predicted molar refractivity (Wildman–Crippen MR) is 35.2 cm³/mol. The Balaban J connectivity index is 2.57. The zero-order valence-corrected chi connectivity index (χ0v) is 6.19. The van der Waals surface area contributed by atoms with Crippen molar-refractivity contribution in [3.8, 4) is 0 Å². The Bertz CT molecular complexity index is 192. The zero-order chi connectivity index (χ0) is 9.35. The van der Waals surface area contributed by atoms with E-state index in [9.17, 15) is 18.0 Å². The minimum atomic E-state index is -4.35. The summed E-state index contributed by atoms with van der Waals surface area (Å²) in [6.07, 6.45) is -4.39. The molecule has 1 saturated heterocycles. The SMILES string of the molecule is N[C@@H]1CC[C@H](C(F)(F)F)NC1=O. The number of carbonyl (C=O) groups excluding carboxylic acids is 1. The Labute approximate surface area is 67.1 Å². The first-order valence-corrected chi connectivity index (χ1v) is 3.54. The Kier molecular flexibility index (Phi) is 2.27. The van der Waals surface area contributed by atoms with Gasteiger partial charge >= 0.3 is 6.18 Å². The third-order valence-electron chi connectivity index (χ3n) is 1.81. The van der Waals surface area contributed by atoms with Gasteiger partial charge < -0.3 is 11.1 Å². The van der Waals surface area contributed by atoms with E-state index in [1.165, 1.54) is 0 Å². The number of amides is 1. The van der Waals surface area contributed by atoms with Gasteiger partial charge in [0.2, 0.25) is 5.91 Å². The normalized spacial score (nSPS) is 31.5. The molecule has 0 bridgehead atoms. The highest BCUT2D eigenvalue weighted by Gasteiger charge is 2.43. The molecule has 1 aliphatic heterocycles. The Morgan fingerprint density at radius 3 is 2.42 bits per heavy atom. The highest BCUT2D eigenvalue weighted by atomic mass is 19.4. The van der Waals surface area contributed by atoms with Gasteiger partial charge in [0.25, 0.3) is 0 Å². The lowest BCUT2D eigenvalue weighted by Gasteiger charge is -2.28. The molecule has 1 fully saturated rings. The van der Waals surface area contributed by atoms with Crippen LogP contribution in [0.1, 0.15) is 12.8 Å². The molecular weight excluding hydrogens is 173 g/mol. The number of piperidine rings is 1. The van der Waals surface area contributed by atoms with Crippen molar-refractivity contribution in [1.82, 2.24) is 5.32 Å². The number of alkyl halides is 3. The lowest BCUT2D eigenvalue weighted by atomic mass is 10.0. The number of carbonyl (C=O) groups is 1. The van der Waals surface area contributed by atoms with Crippen LogP contribution in [0.3, 0.4) is 0 Å². The highest BCUT2D eigenvalue weighted by Crippen LogP contribution is 2.25. The van der Waals surface area contributed by atoms with Gasteiger partial charge in [0.15, 0.2) is 0 Å². The summed E-state index contributed by atoms with van der Waals surface area (Å²) in [5.41, 5.74) is 5.20. The topological polar surface area (TPSA) is 55.1 Å². The van der Waals surface area contributed by atoms with Crippen LogP contribution in [0.5, 0.6) is 0 Å². The minimum Gasteiger partial charge on any atom is -0.343 e. The van der Waals surface area contributed by atoms with E-state index < -0.39 is 24.2 Å². The molecule has 0 aromatic carbocycles. The third kappa shape index (κ3) is 1.88. The summed E-state index contributed by atoms with van der Waals surface area (Å²) in [4.78, 5) is 10.7. The van der Waals surface area contributed by atoms with Gasteiger partial charge in [-0.15, -0.1) is 0 Å². The van der Waals surface area contributed by atoms with Gasteiger partial charge in [0, 0.05) is 0 Å². The molecule has 0 aliphatic carbocycles. The molecule has 0 unspecified atom stereocenters. The van der Waals surface area contributed by atoms with Gasteiger partial charge in [-0.25, -0.2) is 0 Å². The van der Waals surface area contributed by atoms with E-state index in [0.29, 0.717) is 0 Å². The maximum Gasteiger partial charge on any atom is 0.408 e. The van der Waals surface area contributed by atoms with Crippen molar-refractivity contribution < 1.29 is 18.0 Å². The standard InChI is InChI=1S/C6H9F3N2O/c7-6(8,9)4-2-1-3(10)5(12)11-4/h3-4H,1-2,10H2,(H,11,12)/t3-,4-/m1/s1. The summed E-state index contributed by atoms with van der Waals surface area (Å²) in [7, 11) is 0. The van der Waals surface area contributed by atoms with Crippen molar-refractivity contribution in [2.24, 2.45) is 5.73 Å². The molecule has 0 radical (unpaired) electrons. The van der Waals surface area contributed by atoms with Crippen LogP contribution < -0.4 is 11.1 Å². The van der Waals surface area contributed by atoms with Crippen LogP contribution in [0, 0.1) is 0 Å². The largest absolute Gasteiger partial charge is 0.408 e. The lowest BCUT2D eigenvalue weighted by Crippen LogP contribution is -2.55. The van der Waals surface area contributed by atoms with Gasteiger partial charge in [-0.3, -0.25) is 4.79 Å². The number of nitrogens with two attached hydrogens (primary N) is 1. The molecule has 0 aromatic heterocycles. The molecular formula is C6H9F3N2O. The fourth-order valence-corrected chi connectivity index (χ4v) is 1.07. The van der Waals surface area contributed by atoms with Gasteiger partial charge in [0.1, 0.15) is 6.04 Å². The van der Waals surface area contributed by atoms with E-state index in [1.54, 1.807) is 0 Å². The maximum atomic E-state index is 12.0. The molecule has 1 heterocycles. The second kappa shape index (κ2) is 2.93. The van der Waals surface area contributed by atoms with Crippen molar-refractivity contribution in [2.75, 3.05) is 0 Å². The predicted octanol–water partition coefficient (Wildman–Crippen LogP) is 0.155. The number of rotatable bonds is 0. The van der Waals surface area contributed by atoms with Gasteiger partial charge in [0.05, 0.1) is 6.04 Å². The molecule has 12 heavy (non-hydrogen) atoms. The number of halogens is 3. The van der Waals surface area contributed by atoms with Crippen LogP contribution in [0.15, 0.2) is 0 Å². The van der Waals surface area contributed by atoms with Gasteiger partial charge in [-0.1, -0.05) is 0 Å². The van der Waals surface area contributed by atoms with Crippen LogP contribution in [-0.4, -0.2) is 24.2 Å². The molecule has 2 atom stereocenters. The first-order chi connectivity index (χ1) is 5.41. The van der Waals surface area contributed by atoms with Gasteiger partial charge in [-0.05, 0) is 12.8 Å². The first kappa shape index (κ1) is 9.31. The van der Waals surface area contributed by atoms with E-state index in [-0.39, 0.29) is 12.8 Å². The average Bonchev–Trinajstić information content (AvgIpc) is 1.92. The Hall–Kier alpha value is -0.780. The summed E-state index contributed by atoms with van der Waals surface area (Å²) >= 11 is 0. The molecule has 3 nitrogen and oxygen atoms in total.